The highest BCUT2D eigenvalue weighted by atomic mass is 16.7. The fourth-order valence-electron chi connectivity index (χ4n) is 4.46. The van der Waals surface area contributed by atoms with Crippen molar-refractivity contribution in [3.63, 3.8) is 0 Å². The van der Waals surface area contributed by atoms with Crippen molar-refractivity contribution in [1.82, 2.24) is 5.32 Å². The van der Waals surface area contributed by atoms with Crippen LogP contribution >= 0.6 is 0 Å². The van der Waals surface area contributed by atoms with Crippen molar-refractivity contribution in [3.05, 3.63) is 0 Å². The Kier molecular flexibility index (Phi) is 20.1. The number of nitrogens with one attached hydrogen (secondary N) is 1. The first-order valence-corrected chi connectivity index (χ1v) is 14.4. The lowest BCUT2D eigenvalue weighted by molar-refractivity contribution is -0.169. The van der Waals surface area contributed by atoms with E-state index in [2.05, 4.69) is 19.2 Å². The highest BCUT2D eigenvalue weighted by Crippen LogP contribution is 2.16. The lowest BCUT2D eigenvalue weighted by Crippen LogP contribution is -2.44. The Morgan fingerprint density at radius 2 is 1.54 bits per heavy atom. The lowest BCUT2D eigenvalue weighted by Gasteiger charge is -2.26. The van der Waals surface area contributed by atoms with Crippen LogP contribution < -0.4 is 11.1 Å². The number of unbranched alkanes of at least 4 members (excludes halogenated alkanes) is 11. The number of nitrogens with two attached hydrogens (primary N) is 1. The molecule has 0 saturated carbocycles. The maximum atomic E-state index is 12.0. The third kappa shape index (κ3) is 19.7. The van der Waals surface area contributed by atoms with Crippen molar-refractivity contribution in [3.8, 4) is 0 Å². The van der Waals surface area contributed by atoms with Crippen LogP contribution in [0, 0.1) is 5.92 Å². The number of hydrogen-bond donors (Lipinski definition) is 2. The largest absolute Gasteiger partial charge is 0.379 e. The molecule has 3 N–H and O–H groups in total. The number of hydrogen-bond acceptors (Lipinski definition) is 5. The predicted octanol–water partition coefficient (Wildman–Crippen LogP) is 5.63. The molecule has 1 rings (SSSR count). The van der Waals surface area contributed by atoms with Gasteiger partial charge in [0, 0.05) is 13.2 Å². The minimum absolute atomic E-state index is 0.232. The molecule has 7 nitrogen and oxygen atoms in total. The van der Waals surface area contributed by atoms with Gasteiger partial charge in [-0.05, 0) is 31.6 Å². The highest BCUT2D eigenvalue weighted by molar-refractivity contribution is 5.96. The quantitative estimate of drug-likeness (QED) is 0.140. The van der Waals surface area contributed by atoms with Crippen molar-refractivity contribution in [2.24, 2.45) is 11.7 Å². The van der Waals surface area contributed by atoms with Gasteiger partial charge in [-0.25, -0.2) is 0 Å². The fraction of sp³-hybridized carbons (Fsp3) is 0.929. The zero-order valence-corrected chi connectivity index (χ0v) is 22.7. The molecule has 1 saturated heterocycles. The second kappa shape index (κ2) is 22.1. The molecule has 1 heterocycles. The maximum absolute atomic E-state index is 12.0. The molecule has 0 spiro atoms. The van der Waals surface area contributed by atoms with E-state index in [1.54, 1.807) is 0 Å². The normalized spacial score (nSPS) is 17.7. The van der Waals surface area contributed by atoms with Crippen molar-refractivity contribution in [2.45, 2.75) is 135 Å². The van der Waals surface area contributed by atoms with Gasteiger partial charge in [0.25, 0.3) is 0 Å². The Balaban J connectivity index is 2.10. The van der Waals surface area contributed by atoms with E-state index in [0.717, 1.165) is 25.7 Å². The van der Waals surface area contributed by atoms with Crippen LogP contribution in [-0.2, 0) is 23.8 Å². The molecular formula is C28H54N2O5. The van der Waals surface area contributed by atoms with Crippen LogP contribution in [-0.4, -0.2) is 50.6 Å². The molecule has 0 aromatic rings. The Hall–Kier alpha value is -1.18. The van der Waals surface area contributed by atoms with E-state index >= 15 is 0 Å². The predicted molar refractivity (Wildman–Crippen MR) is 141 cm³/mol. The Morgan fingerprint density at radius 1 is 0.914 bits per heavy atom. The van der Waals surface area contributed by atoms with Gasteiger partial charge in [0.05, 0.1) is 19.3 Å². The zero-order chi connectivity index (χ0) is 25.6. The van der Waals surface area contributed by atoms with E-state index in [-0.39, 0.29) is 18.8 Å². The molecule has 206 valence electrons. The number of amides is 2. The average molecular weight is 499 g/mol. The molecule has 7 heteroatoms. The monoisotopic (exact) mass is 498 g/mol. The standard InChI is InChI=1S/C28H54N2O5/c1-3-4-5-6-7-8-9-10-11-12-13-14-17-24(2)21-33-22-25(30-27(32)20-26(29)31)23-35-28-18-15-16-19-34-28/h24-25,28H,3-23H2,1-2H3,(H2,29,31)(H,30,32). The van der Waals surface area contributed by atoms with Gasteiger partial charge in [0.1, 0.15) is 6.42 Å². The van der Waals surface area contributed by atoms with Crippen LogP contribution in [0.2, 0.25) is 0 Å². The molecule has 3 unspecified atom stereocenters. The molecule has 3 atom stereocenters. The third-order valence-electron chi connectivity index (χ3n) is 6.59. The van der Waals surface area contributed by atoms with E-state index in [4.69, 9.17) is 19.9 Å². The fourth-order valence-corrected chi connectivity index (χ4v) is 4.46. The average Bonchev–Trinajstić information content (AvgIpc) is 2.83. The van der Waals surface area contributed by atoms with E-state index in [1.807, 2.05) is 0 Å². The molecule has 0 aliphatic carbocycles. The van der Waals surface area contributed by atoms with Gasteiger partial charge in [-0.15, -0.1) is 0 Å². The van der Waals surface area contributed by atoms with Gasteiger partial charge in [-0.2, -0.15) is 0 Å². The summed E-state index contributed by atoms with van der Waals surface area (Å²) < 4.78 is 17.3. The van der Waals surface area contributed by atoms with Crippen LogP contribution in [0.5, 0.6) is 0 Å². The van der Waals surface area contributed by atoms with Gasteiger partial charge in [-0.1, -0.05) is 90.9 Å². The molecule has 1 aliphatic heterocycles. The van der Waals surface area contributed by atoms with Crippen molar-refractivity contribution in [2.75, 3.05) is 26.4 Å². The van der Waals surface area contributed by atoms with Gasteiger partial charge < -0.3 is 25.3 Å². The molecule has 0 radical (unpaired) electrons. The first-order valence-electron chi connectivity index (χ1n) is 14.4. The van der Waals surface area contributed by atoms with Crippen LogP contribution in [0.15, 0.2) is 0 Å². The highest BCUT2D eigenvalue weighted by Gasteiger charge is 2.19. The maximum Gasteiger partial charge on any atom is 0.229 e. The second-order valence-corrected chi connectivity index (χ2v) is 10.4. The van der Waals surface area contributed by atoms with Crippen LogP contribution in [0.1, 0.15) is 123 Å². The molecule has 0 aromatic carbocycles. The zero-order valence-electron chi connectivity index (χ0n) is 22.7. The molecule has 35 heavy (non-hydrogen) atoms. The van der Waals surface area contributed by atoms with Gasteiger partial charge >= 0.3 is 0 Å². The molecular weight excluding hydrogens is 444 g/mol. The molecule has 1 fully saturated rings. The van der Waals surface area contributed by atoms with Crippen LogP contribution in [0.25, 0.3) is 0 Å². The van der Waals surface area contributed by atoms with E-state index in [0.29, 0.717) is 32.3 Å². The third-order valence-corrected chi connectivity index (χ3v) is 6.59. The number of ether oxygens (including phenoxy) is 3. The summed E-state index contributed by atoms with van der Waals surface area (Å²) in [5.74, 6) is -0.568. The molecule has 0 bridgehead atoms. The summed E-state index contributed by atoms with van der Waals surface area (Å²) in [6.07, 6.45) is 19.9. The topological polar surface area (TPSA) is 99.9 Å². The summed E-state index contributed by atoms with van der Waals surface area (Å²) in [5.41, 5.74) is 5.14. The number of rotatable bonds is 23. The van der Waals surface area contributed by atoms with Gasteiger partial charge in [0.15, 0.2) is 6.29 Å². The molecule has 1 aliphatic rings. The van der Waals surface area contributed by atoms with E-state index in [9.17, 15) is 9.59 Å². The number of carbonyl (C=O) groups excluding carboxylic acids is 2. The lowest BCUT2D eigenvalue weighted by atomic mass is 10.0. The number of carbonyl (C=O) groups is 2. The molecule has 2 amide bonds. The van der Waals surface area contributed by atoms with Crippen molar-refractivity contribution in [1.29, 1.82) is 0 Å². The summed E-state index contributed by atoms with van der Waals surface area (Å²) in [4.78, 5) is 23.0. The van der Waals surface area contributed by atoms with Crippen LogP contribution in [0.3, 0.4) is 0 Å². The molecule has 0 aromatic heterocycles. The van der Waals surface area contributed by atoms with Crippen LogP contribution in [0.4, 0.5) is 0 Å². The minimum atomic E-state index is -0.644. The number of primary amides is 1. The van der Waals surface area contributed by atoms with Gasteiger partial charge in [0.2, 0.25) is 11.8 Å². The second-order valence-electron chi connectivity index (χ2n) is 10.4. The summed E-state index contributed by atoms with van der Waals surface area (Å²) in [7, 11) is 0. The summed E-state index contributed by atoms with van der Waals surface area (Å²) in [6, 6.07) is -0.328. The minimum Gasteiger partial charge on any atom is -0.379 e. The summed E-state index contributed by atoms with van der Waals surface area (Å²) in [5, 5.41) is 2.81. The van der Waals surface area contributed by atoms with E-state index < -0.39 is 11.8 Å². The van der Waals surface area contributed by atoms with E-state index in [1.165, 1.54) is 77.0 Å². The smallest absolute Gasteiger partial charge is 0.229 e. The van der Waals surface area contributed by atoms with Crippen molar-refractivity contribution < 1.29 is 23.8 Å². The Morgan fingerprint density at radius 3 is 2.11 bits per heavy atom. The Bertz CT molecular complexity index is 525. The summed E-state index contributed by atoms with van der Waals surface area (Å²) >= 11 is 0. The van der Waals surface area contributed by atoms with Gasteiger partial charge in [-0.3, -0.25) is 9.59 Å². The Labute approximate surface area is 214 Å². The van der Waals surface area contributed by atoms with Crippen molar-refractivity contribution >= 4 is 11.8 Å². The first kappa shape index (κ1) is 31.8. The first-order chi connectivity index (χ1) is 17.0. The summed E-state index contributed by atoms with van der Waals surface area (Å²) in [6.45, 7) is 6.48. The SMILES string of the molecule is CCCCCCCCCCCCCCC(C)COCC(COC1CCCCO1)NC(=O)CC(N)=O.